The summed E-state index contributed by atoms with van der Waals surface area (Å²) in [7, 11) is 0. The molecular weight excluding hydrogens is 286 g/mol. The van der Waals surface area contributed by atoms with Crippen LogP contribution in [0.3, 0.4) is 0 Å². The minimum atomic E-state index is 0.332. The van der Waals surface area contributed by atoms with Gasteiger partial charge in [0.15, 0.2) is 6.79 Å². The van der Waals surface area contributed by atoms with Crippen molar-refractivity contribution >= 4 is 11.6 Å². The number of benzene rings is 1. The van der Waals surface area contributed by atoms with Gasteiger partial charge in [-0.05, 0) is 30.4 Å². The molecule has 3 rings (SSSR count). The number of hydrogen-bond donors (Lipinski definition) is 1. The van der Waals surface area contributed by atoms with Crippen LogP contribution in [0.4, 0.5) is 0 Å². The van der Waals surface area contributed by atoms with Crippen molar-refractivity contribution in [3.63, 3.8) is 0 Å². The first-order valence-electron chi connectivity index (χ1n) is 7.90. The van der Waals surface area contributed by atoms with Crippen molar-refractivity contribution in [2.45, 2.75) is 52.3 Å². The van der Waals surface area contributed by atoms with E-state index in [0.29, 0.717) is 19.4 Å². The summed E-state index contributed by atoms with van der Waals surface area (Å²) in [6.07, 6.45) is 3.94. The van der Waals surface area contributed by atoms with E-state index in [1.54, 1.807) is 0 Å². The van der Waals surface area contributed by atoms with Gasteiger partial charge in [-0.1, -0.05) is 38.3 Å². The minimum Gasteiger partial charge on any atom is -0.467 e. The number of rotatable bonds is 3. The molecule has 0 bridgehead atoms. The number of fused-ring (bicyclic) bond motifs is 1. The van der Waals surface area contributed by atoms with Crippen LogP contribution in [-0.4, -0.2) is 12.8 Å². The summed E-state index contributed by atoms with van der Waals surface area (Å²) in [6.45, 7) is 6.45. The van der Waals surface area contributed by atoms with Crippen molar-refractivity contribution in [2.24, 2.45) is 11.8 Å². The standard InChI is InChI=1S/C17H24ClNO2/c1-11-4-3-5-16(12(11)2)19-8-13-6-15(18)7-14-9-20-10-21-17(13)14/h6-7,11-12,16,19H,3-5,8-10H2,1-2H3. The van der Waals surface area contributed by atoms with Gasteiger partial charge >= 0.3 is 0 Å². The highest BCUT2D eigenvalue weighted by molar-refractivity contribution is 6.30. The van der Waals surface area contributed by atoms with Crippen molar-refractivity contribution in [3.8, 4) is 5.75 Å². The molecule has 1 heterocycles. The Morgan fingerprint density at radius 1 is 1.29 bits per heavy atom. The summed E-state index contributed by atoms with van der Waals surface area (Å²) < 4.78 is 11.0. The molecule has 0 spiro atoms. The molecule has 0 aromatic heterocycles. The molecule has 1 N–H and O–H groups in total. The first-order valence-corrected chi connectivity index (χ1v) is 8.28. The van der Waals surface area contributed by atoms with E-state index in [1.165, 1.54) is 19.3 Å². The highest BCUT2D eigenvalue weighted by atomic mass is 35.5. The van der Waals surface area contributed by atoms with Crippen molar-refractivity contribution in [1.29, 1.82) is 0 Å². The Labute approximate surface area is 132 Å². The summed E-state index contributed by atoms with van der Waals surface area (Å²) >= 11 is 6.22. The van der Waals surface area contributed by atoms with Crippen LogP contribution in [0.5, 0.6) is 5.75 Å². The fourth-order valence-electron chi connectivity index (χ4n) is 3.50. The minimum absolute atomic E-state index is 0.332. The van der Waals surface area contributed by atoms with Gasteiger partial charge in [-0.25, -0.2) is 0 Å². The van der Waals surface area contributed by atoms with Crippen LogP contribution in [0.25, 0.3) is 0 Å². The predicted molar refractivity (Wildman–Crippen MR) is 84.5 cm³/mol. The van der Waals surface area contributed by atoms with Crippen LogP contribution in [0.1, 0.15) is 44.2 Å². The third-order valence-electron chi connectivity index (χ3n) is 5.01. The molecule has 21 heavy (non-hydrogen) atoms. The second-order valence-electron chi connectivity index (χ2n) is 6.42. The first kappa shape index (κ1) is 15.1. The predicted octanol–water partition coefficient (Wildman–Crippen LogP) is 4.12. The van der Waals surface area contributed by atoms with Gasteiger partial charge in [0.1, 0.15) is 5.75 Å². The molecule has 1 saturated carbocycles. The molecule has 1 aromatic rings. The van der Waals surface area contributed by atoms with Crippen molar-refractivity contribution < 1.29 is 9.47 Å². The van der Waals surface area contributed by atoms with Crippen LogP contribution in [0, 0.1) is 11.8 Å². The molecule has 116 valence electrons. The largest absolute Gasteiger partial charge is 0.467 e. The van der Waals surface area contributed by atoms with Crippen LogP contribution < -0.4 is 10.1 Å². The van der Waals surface area contributed by atoms with E-state index in [-0.39, 0.29) is 0 Å². The molecule has 1 aromatic carbocycles. The van der Waals surface area contributed by atoms with Gasteiger partial charge in [-0.2, -0.15) is 0 Å². The van der Waals surface area contributed by atoms with Crippen molar-refractivity contribution in [1.82, 2.24) is 5.32 Å². The summed E-state index contributed by atoms with van der Waals surface area (Å²) in [4.78, 5) is 0. The molecule has 3 atom stereocenters. The summed E-state index contributed by atoms with van der Waals surface area (Å²) in [5.41, 5.74) is 2.20. The molecule has 3 unspecified atom stereocenters. The van der Waals surface area contributed by atoms with E-state index in [1.807, 2.05) is 12.1 Å². The van der Waals surface area contributed by atoms with Gasteiger partial charge in [-0.3, -0.25) is 0 Å². The second kappa shape index (κ2) is 6.55. The smallest absolute Gasteiger partial charge is 0.189 e. The Balaban J connectivity index is 1.71. The molecule has 4 heteroatoms. The molecule has 2 aliphatic rings. The maximum absolute atomic E-state index is 6.22. The lowest BCUT2D eigenvalue weighted by Gasteiger charge is -2.35. The lowest BCUT2D eigenvalue weighted by molar-refractivity contribution is -0.0171. The lowest BCUT2D eigenvalue weighted by atomic mass is 9.78. The third-order valence-corrected chi connectivity index (χ3v) is 5.23. The maximum atomic E-state index is 6.22. The zero-order chi connectivity index (χ0) is 14.8. The lowest BCUT2D eigenvalue weighted by Crippen LogP contribution is -2.40. The number of nitrogens with one attached hydrogen (secondary N) is 1. The molecule has 0 radical (unpaired) electrons. The normalized spacial score (nSPS) is 28.8. The Morgan fingerprint density at radius 2 is 2.14 bits per heavy atom. The van der Waals surface area contributed by atoms with Gasteiger partial charge < -0.3 is 14.8 Å². The van der Waals surface area contributed by atoms with E-state index in [4.69, 9.17) is 21.1 Å². The molecular formula is C17H24ClNO2. The van der Waals surface area contributed by atoms with Gasteiger partial charge in [0, 0.05) is 28.7 Å². The van der Waals surface area contributed by atoms with E-state index in [2.05, 4.69) is 19.2 Å². The van der Waals surface area contributed by atoms with Crippen LogP contribution in [-0.2, 0) is 17.9 Å². The fourth-order valence-corrected chi connectivity index (χ4v) is 3.76. The summed E-state index contributed by atoms with van der Waals surface area (Å²) in [5.74, 6) is 2.47. The molecule has 0 saturated heterocycles. The number of ether oxygens (including phenoxy) is 2. The van der Waals surface area contributed by atoms with Crippen molar-refractivity contribution in [2.75, 3.05) is 6.79 Å². The Morgan fingerprint density at radius 3 is 3.00 bits per heavy atom. The molecule has 0 amide bonds. The van der Waals surface area contributed by atoms with Gasteiger partial charge in [0.05, 0.1) is 6.61 Å². The average molecular weight is 310 g/mol. The van der Waals surface area contributed by atoms with Crippen LogP contribution >= 0.6 is 11.6 Å². The second-order valence-corrected chi connectivity index (χ2v) is 6.85. The average Bonchev–Trinajstić information content (AvgIpc) is 2.48. The molecule has 1 fully saturated rings. The van der Waals surface area contributed by atoms with E-state index < -0.39 is 0 Å². The van der Waals surface area contributed by atoms with E-state index >= 15 is 0 Å². The Bertz CT molecular complexity index is 506. The van der Waals surface area contributed by atoms with Gasteiger partial charge in [0.2, 0.25) is 0 Å². The monoisotopic (exact) mass is 309 g/mol. The maximum Gasteiger partial charge on any atom is 0.189 e. The molecule has 3 nitrogen and oxygen atoms in total. The Hall–Kier alpha value is -0.770. The summed E-state index contributed by atoms with van der Waals surface area (Å²) in [6, 6.07) is 4.53. The SMILES string of the molecule is CC1CCCC(NCc2cc(Cl)cc3c2OCOC3)C1C. The van der Waals surface area contributed by atoms with Gasteiger partial charge in [-0.15, -0.1) is 0 Å². The topological polar surface area (TPSA) is 30.5 Å². The van der Waals surface area contributed by atoms with E-state index in [0.717, 1.165) is 40.3 Å². The molecule has 1 aliphatic heterocycles. The first-order chi connectivity index (χ1) is 10.1. The fraction of sp³-hybridized carbons (Fsp3) is 0.647. The summed E-state index contributed by atoms with van der Waals surface area (Å²) in [5, 5.41) is 4.47. The number of halogens is 1. The molecule has 1 aliphatic carbocycles. The number of hydrogen-bond acceptors (Lipinski definition) is 3. The highest BCUT2D eigenvalue weighted by Gasteiger charge is 2.27. The zero-order valence-corrected chi connectivity index (χ0v) is 13.6. The third kappa shape index (κ3) is 3.36. The van der Waals surface area contributed by atoms with E-state index in [9.17, 15) is 0 Å². The Kier molecular flexibility index (Phi) is 4.72. The quantitative estimate of drug-likeness (QED) is 0.911. The van der Waals surface area contributed by atoms with Crippen LogP contribution in [0.15, 0.2) is 12.1 Å². The van der Waals surface area contributed by atoms with Gasteiger partial charge in [0.25, 0.3) is 0 Å². The van der Waals surface area contributed by atoms with Crippen LogP contribution in [0.2, 0.25) is 5.02 Å². The highest BCUT2D eigenvalue weighted by Crippen LogP contribution is 2.33. The zero-order valence-electron chi connectivity index (χ0n) is 12.8. The van der Waals surface area contributed by atoms with Crippen molar-refractivity contribution in [3.05, 3.63) is 28.3 Å².